The molecule has 0 bridgehead atoms. The summed E-state index contributed by atoms with van der Waals surface area (Å²) in [7, 11) is 0. The van der Waals surface area contributed by atoms with Crippen LogP contribution in [0.4, 0.5) is 0 Å². The molecule has 0 saturated carbocycles. The number of unbranched alkanes of at least 4 members (excludes halogenated alkanes) is 49. The maximum absolute atomic E-state index is 12.5. The molecular formula is C66H129NO5. The number of carbonyl (C=O) groups is 2. The Hall–Kier alpha value is -1.40. The Morgan fingerprint density at radius 2 is 0.653 bits per heavy atom. The first-order valence-electron chi connectivity index (χ1n) is 32.9. The number of hydrogen-bond donors (Lipinski definition) is 3. The molecule has 0 aromatic heterocycles. The molecule has 0 aliphatic heterocycles. The zero-order valence-electron chi connectivity index (χ0n) is 48.9. The SMILES string of the molecule is CCCCCCCCCCCCCCCCCCCC(=O)OCCCCCCCCCCCCC/C=C\CCCCCCCCCC(=O)NC(CO)C(O)CCCCCCCCCCCCCCCCCC. The summed E-state index contributed by atoms with van der Waals surface area (Å²) in [4.78, 5) is 24.6. The second-order valence-corrected chi connectivity index (χ2v) is 22.8. The van der Waals surface area contributed by atoms with Crippen molar-refractivity contribution in [1.82, 2.24) is 5.32 Å². The third kappa shape index (κ3) is 57.9. The predicted octanol–water partition coefficient (Wildman–Crippen LogP) is 20.8. The van der Waals surface area contributed by atoms with Crippen LogP contribution in [0.3, 0.4) is 0 Å². The number of aliphatic hydroxyl groups excluding tert-OH is 2. The average Bonchev–Trinajstić information content (AvgIpc) is 3.38. The van der Waals surface area contributed by atoms with Crippen LogP contribution in [0.1, 0.15) is 373 Å². The Kier molecular flexibility index (Phi) is 60.9. The molecule has 0 saturated heterocycles. The molecular weight excluding hydrogens is 887 g/mol. The summed E-state index contributed by atoms with van der Waals surface area (Å²) in [6, 6.07) is -0.546. The number of ether oxygens (including phenoxy) is 1. The highest BCUT2D eigenvalue weighted by Crippen LogP contribution is 2.18. The minimum absolute atomic E-state index is 0.0148. The van der Waals surface area contributed by atoms with Crippen molar-refractivity contribution in [3.8, 4) is 0 Å². The van der Waals surface area contributed by atoms with E-state index in [2.05, 4.69) is 31.3 Å². The Labute approximate surface area is 450 Å². The molecule has 2 atom stereocenters. The van der Waals surface area contributed by atoms with E-state index in [1.165, 1.54) is 302 Å². The molecule has 0 rings (SSSR count). The molecule has 6 nitrogen and oxygen atoms in total. The molecule has 428 valence electrons. The second kappa shape index (κ2) is 62.1. The fraction of sp³-hybridized carbons (Fsp3) is 0.939. The summed E-state index contributed by atoms with van der Waals surface area (Å²) in [5, 5.41) is 23.3. The van der Waals surface area contributed by atoms with Crippen molar-refractivity contribution < 1.29 is 24.5 Å². The number of carbonyl (C=O) groups excluding carboxylic acids is 2. The monoisotopic (exact) mass is 1020 g/mol. The Bertz CT molecular complexity index is 1080. The van der Waals surface area contributed by atoms with Crippen LogP contribution in [-0.2, 0) is 14.3 Å². The van der Waals surface area contributed by atoms with Gasteiger partial charge in [-0.15, -0.1) is 0 Å². The topological polar surface area (TPSA) is 95.9 Å². The highest BCUT2D eigenvalue weighted by molar-refractivity contribution is 5.76. The molecule has 3 N–H and O–H groups in total. The summed E-state index contributed by atoms with van der Waals surface area (Å²) in [6.07, 6.45) is 75.2. The van der Waals surface area contributed by atoms with Gasteiger partial charge in [0.2, 0.25) is 5.91 Å². The van der Waals surface area contributed by atoms with E-state index in [1.807, 2.05) is 0 Å². The third-order valence-corrected chi connectivity index (χ3v) is 15.6. The summed E-state index contributed by atoms with van der Waals surface area (Å²) in [5.74, 6) is -0.0240. The van der Waals surface area contributed by atoms with Gasteiger partial charge in [-0.2, -0.15) is 0 Å². The number of hydrogen-bond acceptors (Lipinski definition) is 5. The molecule has 6 heteroatoms. The van der Waals surface area contributed by atoms with E-state index in [0.29, 0.717) is 25.9 Å². The van der Waals surface area contributed by atoms with E-state index in [1.54, 1.807) is 0 Å². The van der Waals surface area contributed by atoms with Crippen molar-refractivity contribution in [2.45, 2.75) is 386 Å². The van der Waals surface area contributed by atoms with Gasteiger partial charge in [-0.05, 0) is 51.4 Å². The van der Waals surface area contributed by atoms with Gasteiger partial charge in [-0.25, -0.2) is 0 Å². The summed E-state index contributed by atoms with van der Waals surface area (Å²) < 4.78 is 5.50. The average molecular weight is 1020 g/mol. The number of allylic oxidation sites excluding steroid dienone is 2. The number of aliphatic hydroxyl groups is 2. The van der Waals surface area contributed by atoms with Crippen LogP contribution in [0.15, 0.2) is 12.2 Å². The van der Waals surface area contributed by atoms with Crippen molar-refractivity contribution in [3.63, 3.8) is 0 Å². The summed E-state index contributed by atoms with van der Waals surface area (Å²) >= 11 is 0. The first-order chi connectivity index (χ1) is 35.5. The smallest absolute Gasteiger partial charge is 0.305 e. The predicted molar refractivity (Wildman–Crippen MR) is 315 cm³/mol. The Balaban J connectivity index is 3.39. The molecule has 72 heavy (non-hydrogen) atoms. The molecule has 0 heterocycles. The molecule has 2 unspecified atom stereocenters. The van der Waals surface area contributed by atoms with E-state index in [9.17, 15) is 19.8 Å². The number of nitrogens with one attached hydrogen (secondary N) is 1. The van der Waals surface area contributed by atoms with Crippen LogP contribution in [0.5, 0.6) is 0 Å². The fourth-order valence-corrected chi connectivity index (χ4v) is 10.5. The van der Waals surface area contributed by atoms with Crippen LogP contribution in [-0.4, -0.2) is 47.4 Å². The van der Waals surface area contributed by atoms with E-state index < -0.39 is 12.1 Å². The second-order valence-electron chi connectivity index (χ2n) is 22.8. The van der Waals surface area contributed by atoms with Crippen molar-refractivity contribution >= 4 is 11.9 Å². The van der Waals surface area contributed by atoms with Gasteiger partial charge in [0, 0.05) is 12.8 Å². The quantitative estimate of drug-likeness (QED) is 0.0320. The van der Waals surface area contributed by atoms with Gasteiger partial charge in [-0.3, -0.25) is 9.59 Å². The van der Waals surface area contributed by atoms with Crippen molar-refractivity contribution in [2.24, 2.45) is 0 Å². The van der Waals surface area contributed by atoms with Gasteiger partial charge in [0.25, 0.3) is 0 Å². The molecule has 1 amide bonds. The van der Waals surface area contributed by atoms with E-state index >= 15 is 0 Å². The molecule has 0 radical (unpaired) electrons. The number of amides is 1. The van der Waals surface area contributed by atoms with Crippen LogP contribution in [0.25, 0.3) is 0 Å². The van der Waals surface area contributed by atoms with E-state index in [4.69, 9.17) is 4.74 Å². The minimum atomic E-state index is -0.668. The fourth-order valence-electron chi connectivity index (χ4n) is 10.5. The number of esters is 1. The van der Waals surface area contributed by atoms with Crippen LogP contribution in [0, 0.1) is 0 Å². The Morgan fingerprint density at radius 1 is 0.375 bits per heavy atom. The van der Waals surface area contributed by atoms with Gasteiger partial charge in [-0.1, -0.05) is 321 Å². The number of rotatable bonds is 62. The van der Waals surface area contributed by atoms with Gasteiger partial charge < -0.3 is 20.3 Å². The summed E-state index contributed by atoms with van der Waals surface area (Å²) in [5.41, 5.74) is 0. The lowest BCUT2D eigenvalue weighted by atomic mass is 10.0. The molecule has 0 aromatic rings. The van der Waals surface area contributed by atoms with Crippen molar-refractivity contribution in [1.29, 1.82) is 0 Å². The maximum Gasteiger partial charge on any atom is 0.305 e. The molecule has 0 fully saturated rings. The van der Waals surface area contributed by atoms with Gasteiger partial charge in [0.1, 0.15) is 0 Å². The van der Waals surface area contributed by atoms with E-state index in [-0.39, 0.29) is 18.5 Å². The lowest BCUT2D eigenvalue weighted by Gasteiger charge is -2.22. The first kappa shape index (κ1) is 70.6. The molecule has 0 spiro atoms. The van der Waals surface area contributed by atoms with Crippen LogP contribution < -0.4 is 5.32 Å². The lowest BCUT2D eigenvalue weighted by Crippen LogP contribution is -2.45. The van der Waals surface area contributed by atoms with Crippen LogP contribution in [0.2, 0.25) is 0 Å². The Morgan fingerprint density at radius 3 is 0.986 bits per heavy atom. The lowest BCUT2D eigenvalue weighted by molar-refractivity contribution is -0.143. The zero-order chi connectivity index (χ0) is 52.2. The highest BCUT2D eigenvalue weighted by atomic mass is 16.5. The zero-order valence-corrected chi connectivity index (χ0v) is 48.9. The summed E-state index contributed by atoms with van der Waals surface area (Å²) in [6.45, 7) is 4.98. The van der Waals surface area contributed by atoms with Gasteiger partial charge >= 0.3 is 5.97 Å². The molecule has 0 aromatic carbocycles. The van der Waals surface area contributed by atoms with Gasteiger partial charge in [0.15, 0.2) is 0 Å². The third-order valence-electron chi connectivity index (χ3n) is 15.6. The first-order valence-corrected chi connectivity index (χ1v) is 32.9. The largest absolute Gasteiger partial charge is 0.466 e. The molecule has 0 aliphatic rings. The minimum Gasteiger partial charge on any atom is -0.466 e. The van der Waals surface area contributed by atoms with E-state index in [0.717, 1.165) is 38.5 Å². The van der Waals surface area contributed by atoms with Crippen molar-refractivity contribution in [3.05, 3.63) is 12.2 Å². The normalized spacial score (nSPS) is 12.6. The highest BCUT2D eigenvalue weighted by Gasteiger charge is 2.20. The maximum atomic E-state index is 12.5. The van der Waals surface area contributed by atoms with Crippen LogP contribution >= 0.6 is 0 Å². The van der Waals surface area contributed by atoms with Crippen molar-refractivity contribution in [2.75, 3.05) is 13.2 Å². The molecule has 0 aliphatic carbocycles. The standard InChI is InChI=1S/C66H129NO5/c1-3-5-7-9-11-13-15-17-19-27-32-36-40-44-48-52-56-60-66(71)72-61-57-53-49-45-41-37-33-29-26-24-22-21-23-25-28-31-35-39-43-47-51-55-59-65(70)67-63(62-68)64(69)58-54-50-46-42-38-34-30-20-18-16-14-12-10-8-6-4-2/h23,25,63-64,68-69H,3-22,24,26-62H2,1-2H3,(H,67,70)/b25-23-. The van der Waals surface area contributed by atoms with Gasteiger partial charge in [0.05, 0.1) is 25.4 Å².